The van der Waals surface area contributed by atoms with E-state index in [9.17, 15) is 24.3 Å². The molecule has 0 aromatic carbocycles. The molecule has 1 atom stereocenters. The minimum absolute atomic E-state index is 0.0320. The molecule has 2 aromatic rings. The Bertz CT molecular complexity index is 1260. The summed E-state index contributed by atoms with van der Waals surface area (Å²) in [5.74, 6) is -1.73. The van der Waals surface area contributed by atoms with E-state index in [1.165, 1.54) is 35.1 Å². The van der Waals surface area contributed by atoms with Gasteiger partial charge >= 0.3 is 6.03 Å². The number of fused-ring (bicyclic) bond motifs is 1. The number of urea groups is 1. The fraction of sp³-hybridized carbons (Fsp3) is 0.250. The highest BCUT2D eigenvalue weighted by molar-refractivity contribution is 8.00. The average molecular weight is 535 g/mol. The highest BCUT2D eigenvalue weighted by Gasteiger charge is 2.43. The number of nitrogens with zero attached hydrogens (tertiary/aromatic N) is 4. The Hall–Kier alpha value is -4.18. The van der Waals surface area contributed by atoms with Crippen LogP contribution in [0.25, 0.3) is 0 Å². The number of carboxylic acids is 1. The van der Waals surface area contributed by atoms with Gasteiger partial charge in [0.15, 0.2) is 29.8 Å². The number of nitrogens with one attached hydrogen (secondary N) is 1. The maximum absolute atomic E-state index is 11.7. The van der Waals surface area contributed by atoms with Crippen LogP contribution in [-0.4, -0.2) is 57.6 Å². The zero-order valence-corrected chi connectivity index (χ0v) is 20.5. The van der Waals surface area contributed by atoms with E-state index in [2.05, 4.69) is 20.3 Å². The highest BCUT2D eigenvalue weighted by Crippen LogP contribution is 2.39. The number of nitrogens with two attached hydrogens (primary N) is 3. The van der Waals surface area contributed by atoms with Crippen LogP contribution in [0, 0.1) is 0 Å². The van der Waals surface area contributed by atoms with Gasteiger partial charge in [-0.25, -0.2) is 9.78 Å². The summed E-state index contributed by atoms with van der Waals surface area (Å²) in [6.45, 7) is 0.279. The molecule has 14 nitrogen and oxygen atoms in total. The molecule has 2 aromatic heterocycles. The summed E-state index contributed by atoms with van der Waals surface area (Å²) in [6.07, 6.45) is 3.74. The van der Waals surface area contributed by atoms with Crippen molar-refractivity contribution in [3.8, 4) is 0 Å². The molecule has 1 fully saturated rings. The molecule has 2 aliphatic rings. The van der Waals surface area contributed by atoms with Crippen molar-refractivity contribution >= 4 is 63.4 Å². The fourth-order valence-electron chi connectivity index (χ4n) is 3.35. The molecule has 4 amide bonds. The highest BCUT2D eigenvalue weighted by atomic mass is 32.2. The van der Waals surface area contributed by atoms with Gasteiger partial charge < -0.3 is 37.3 Å². The van der Waals surface area contributed by atoms with Gasteiger partial charge in [0.1, 0.15) is 18.5 Å². The number of nitrogen functional groups attached to an aromatic ring is 1. The third-order valence-electron chi connectivity index (χ3n) is 4.80. The van der Waals surface area contributed by atoms with Crippen LogP contribution in [0.4, 0.5) is 15.6 Å². The van der Waals surface area contributed by atoms with E-state index in [4.69, 9.17) is 17.2 Å². The summed E-state index contributed by atoms with van der Waals surface area (Å²) in [5.41, 5.74) is 16.8. The molecular weight excluding hydrogens is 512 g/mol. The second-order valence-corrected chi connectivity index (χ2v) is 9.34. The number of anilines is 2. The van der Waals surface area contributed by atoms with Crippen molar-refractivity contribution < 1.29 is 33.7 Å². The molecule has 2 aliphatic heterocycles. The van der Waals surface area contributed by atoms with Crippen LogP contribution < -0.4 is 32.2 Å². The molecule has 0 radical (unpaired) electrons. The Morgan fingerprint density at radius 1 is 1.39 bits per heavy atom. The number of carbonyl (C=O) groups is 4. The molecular formula is C20H22N8O6S2. The normalized spacial score (nSPS) is 16.8. The van der Waals surface area contributed by atoms with Crippen LogP contribution in [0.3, 0.4) is 0 Å². The number of pyridine rings is 1. The van der Waals surface area contributed by atoms with Crippen molar-refractivity contribution in [3.05, 3.63) is 46.9 Å². The first-order valence-corrected chi connectivity index (χ1v) is 12.1. The third kappa shape index (κ3) is 6.28. The largest absolute Gasteiger partial charge is 0.543 e. The Labute approximate surface area is 212 Å². The van der Waals surface area contributed by atoms with Gasteiger partial charge in [-0.3, -0.25) is 14.5 Å². The lowest BCUT2D eigenvalue weighted by Crippen LogP contribution is -2.56. The molecule has 36 heavy (non-hydrogen) atoms. The van der Waals surface area contributed by atoms with Crippen molar-refractivity contribution in [1.29, 1.82) is 0 Å². The fourth-order valence-corrected chi connectivity index (χ4v) is 5.15. The number of carbonyl (C=O) groups excluding carboxylic acids is 4. The summed E-state index contributed by atoms with van der Waals surface area (Å²) in [7, 11) is 1.32. The van der Waals surface area contributed by atoms with E-state index < -0.39 is 17.9 Å². The van der Waals surface area contributed by atoms with Crippen molar-refractivity contribution in [3.63, 3.8) is 0 Å². The molecule has 0 bridgehead atoms. The van der Waals surface area contributed by atoms with Gasteiger partial charge in [0.05, 0.1) is 23.5 Å². The quantitative estimate of drug-likeness (QED) is 0.138. The zero-order chi connectivity index (χ0) is 26.4. The van der Waals surface area contributed by atoms with Gasteiger partial charge in [0, 0.05) is 22.8 Å². The number of primary amides is 2. The number of β-lactam (4-membered cyclic amide) rings is 1. The molecule has 1 saturated heterocycles. The van der Waals surface area contributed by atoms with Crippen LogP contribution in [0.5, 0.6) is 0 Å². The van der Waals surface area contributed by atoms with Crippen molar-refractivity contribution in [1.82, 2.24) is 9.88 Å². The number of thioether (sulfide) groups is 1. The molecule has 4 rings (SSSR count). The van der Waals surface area contributed by atoms with Gasteiger partial charge in [-0.15, -0.1) is 23.1 Å². The van der Waals surface area contributed by atoms with Gasteiger partial charge in [0.25, 0.3) is 5.91 Å². The maximum Gasteiger partial charge on any atom is 0.316 e. The van der Waals surface area contributed by atoms with Gasteiger partial charge in [-0.2, -0.15) is 4.57 Å². The van der Waals surface area contributed by atoms with E-state index in [0.717, 1.165) is 0 Å². The van der Waals surface area contributed by atoms with E-state index in [-0.39, 0.29) is 29.2 Å². The lowest BCUT2D eigenvalue weighted by atomic mass is 10.1. The number of hydrogen-bond acceptors (Lipinski definition) is 11. The maximum atomic E-state index is 11.7. The summed E-state index contributed by atoms with van der Waals surface area (Å²) in [6, 6.07) is 2.69. The Kier molecular flexibility index (Phi) is 8.44. The minimum Gasteiger partial charge on any atom is -0.543 e. The number of hydrogen-bond donors (Lipinski definition) is 4. The molecule has 7 N–H and O–H groups in total. The van der Waals surface area contributed by atoms with Crippen LogP contribution in [0.1, 0.15) is 12.1 Å². The number of carboxylic acid groups (broad SMARTS) is 1. The Morgan fingerprint density at radius 3 is 2.69 bits per heavy atom. The van der Waals surface area contributed by atoms with Crippen LogP contribution in [-0.2, 0) is 25.8 Å². The first-order valence-electron chi connectivity index (χ1n) is 10.2. The Balaban J connectivity index is 0.000000236. The van der Waals surface area contributed by atoms with Crippen molar-refractivity contribution in [2.24, 2.45) is 16.6 Å². The monoisotopic (exact) mass is 534 g/mol. The van der Waals surface area contributed by atoms with Gasteiger partial charge in [-0.05, 0) is 6.07 Å². The SMILES string of the molecule is CON=C(C(N)=O)c1csc(N)n1.NC(=O)Nc1ccc[n+](CC2=C(C(=O)[O-])N3C(=O)C[C@@H]3SC2)c1. The second kappa shape index (κ2) is 11.5. The molecule has 0 aliphatic carbocycles. The predicted molar refractivity (Wildman–Crippen MR) is 129 cm³/mol. The molecule has 16 heteroatoms. The number of amides is 4. The summed E-state index contributed by atoms with van der Waals surface area (Å²) in [4.78, 5) is 54.4. The summed E-state index contributed by atoms with van der Waals surface area (Å²) in [5, 5.41) is 19.2. The van der Waals surface area contributed by atoms with E-state index in [1.54, 1.807) is 34.5 Å². The number of oxime groups is 1. The number of thiazole rings is 1. The molecule has 0 saturated carbocycles. The lowest BCUT2D eigenvalue weighted by molar-refractivity contribution is -0.688. The van der Waals surface area contributed by atoms with Gasteiger partial charge in [0.2, 0.25) is 5.91 Å². The second-order valence-electron chi connectivity index (χ2n) is 7.29. The number of rotatable bonds is 7. The summed E-state index contributed by atoms with van der Waals surface area (Å²) < 4.78 is 1.72. The van der Waals surface area contributed by atoms with Crippen molar-refractivity contribution in [2.45, 2.75) is 18.3 Å². The zero-order valence-electron chi connectivity index (χ0n) is 18.9. The van der Waals surface area contributed by atoms with Crippen LogP contribution in [0.15, 0.2) is 46.3 Å². The smallest absolute Gasteiger partial charge is 0.316 e. The number of aliphatic carboxylic acids is 1. The topological polar surface area (TPSA) is 223 Å². The molecule has 4 heterocycles. The molecule has 190 valence electrons. The van der Waals surface area contributed by atoms with E-state index in [1.807, 2.05) is 0 Å². The summed E-state index contributed by atoms with van der Waals surface area (Å²) >= 11 is 2.73. The predicted octanol–water partition coefficient (Wildman–Crippen LogP) is -1.66. The van der Waals surface area contributed by atoms with Crippen LogP contribution in [0.2, 0.25) is 0 Å². The third-order valence-corrected chi connectivity index (χ3v) is 6.76. The van der Waals surface area contributed by atoms with Gasteiger partial charge in [-0.1, -0.05) is 5.16 Å². The molecule has 0 unspecified atom stereocenters. The lowest BCUT2D eigenvalue weighted by Gasteiger charge is -2.45. The first kappa shape index (κ1) is 26.4. The van der Waals surface area contributed by atoms with E-state index in [0.29, 0.717) is 34.3 Å². The standard InChI is InChI=1S/C14H14N4O4S.C6H8N4O2S/c15-14(22)16-9-2-1-3-17(6-9)5-8-7-23-11-4-10(19)18(11)12(8)13(20)21;1-12-10-4(5(7)11)3-2-13-6(8)9-3/h1-3,6,11H,4-5,7H2,(H3-,15,16,20,21,22);2H,1H3,(H2,7,11)(H2,8,9)/t11-;/m0./s1. The average Bonchev–Trinajstić information content (AvgIpc) is 3.23. The van der Waals surface area contributed by atoms with Crippen molar-refractivity contribution in [2.75, 3.05) is 23.9 Å². The first-order chi connectivity index (χ1) is 17.1. The minimum atomic E-state index is -1.34. The Morgan fingerprint density at radius 2 is 2.14 bits per heavy atom. The molecule has 0 spiro atoms. The van der Waals surface area contributed by atoms with E-state index >= 15 is 0 Å². The van der Waals surface area contributed by atoms with Crippen LogP contribution >= 0.6 is 23.1 Å². The number of aromatic nitrogens is 2.